The van der Waals surface area contributed by atoms with Crippen molar-refractivity contribution in [3.63, 3.8) is 0 Å². The normalized spacial score (nSPS) is 22.6. The molecule has 98 valence electrons. The average molecular weight is 242 g/mol. The second-order valence-corrected chi connectivity index (χ2v) is 5.42. The second-order valence-electron chi connectivity index (χ2n) is 5.42. The van der Waals surface area contributed by atoms with E-state index in [2.05, 4.69) is 24.5 Å². The molecule has 0 spiro atoms. The Morgan fingerprint density at radius 2 is 2.06 bits per heavy atom. The molecule has 1 saturated carbocycles. The van der Waals surface area contributed by atoms with Gasteiger partial charge in [-0.2, -0.15) is 0 Å². The topological polar surface area (TPSA) is 78.4 Å². The molecule has 5 nitrogen and oxygen atoms in total. The fourth-order valence-electron chi connectivity index (χ4n) is 1.90. The highest BCUT2D eigenvalue weighted by molar-refractivity contribution is 5.82. The van der Waals surface area contributed by atoms with Crippen molar-refractivity contribution in [1.82, 2.24) is 10.6 Å². The minimum absolute atomic E-state index is 0.322. The van der Waals surface area contributed by atoms with E-state index in [0.717, 1.165) is 12.8 Å². The van der Waals surface area contributed by atoms with Gasteiger partial charge in [0.1, 0.15) is 6.04 Å². The lowest BCUT2D eigenvalue weighted by Crippen LogP contribution is -2.46. The number of carbonyl (C=O) groups excluding carboxylic acids is 1. The number of carboxylic acids is 1. The summed E-state index contributed by atoms with van der Waals surface area (Å²) in [6.45, 7) is 6.84. The largest absolute Gasteiger partial charge is 0.480 e. The summed E-state index contributed by atoms with van der Waals surface area (Å²) in [6, 6.07) is -1.17. The molecule has 5 heteroatoms. The van der Waals surface area contributed by atoms with Crippen LogP contribution in [0.1, 0.15) is 40.0 Å². The Bertz CT molecular complexity index is 302. The third kappa shape index (κ3) is 4.24. The van der Waals surface area contributed by atoms with E-state index < -0.39 is 12.0 Å². The second kappa shape index (κ2) is 5.38. The number of carboxylic acid groups (broad SMARTS) is 1. The number of aliphatic carboxylic acids is 1. The summed E-state index contributed by atoms with van der Waals surface area (Å²) in [5, 5.41) is 14.1. The van der Waals surface area contributed by atoms with Crippen LogP contribution in [-0.2, 0) is 4.79 Å². The van der Waals surface area contributed by atoms with Crippen LogP contribution in [0.15, 0.2) is 0 Å². The van der Waals surface area contributed by atoms with Crippen molar-refractivity contribution in [2.45, 2.75) is 46.1 Å². The van der Waals surface area contributed by atoms with Crippen LogP contribution in [0.4, 0.5) is 4.79 Å². The third-order valence-corrected chi connectivity index (χ3v) is 3.41. The standard InChI is InChI=1S/C12H22N2O3/c1-4-5-9(10(15)16)14-11(17)13-7-8-6-12(8,2)3/h8-9H,4-7H2,1-3H3,(H,15,16)(H2,13,14,17). The fraction of sp³-hybridized carbons (Fsp3) is 0.833. The smallest absolute Gasteiger partial charge is 0.326 e. The third-order valence-electron chi connectivity index (χ3n) is 3.41. The summed E-state index contributed by atoms with van der Waals surface area (Å²) in [5.74, 6) is -0.462. The average Bonchev–Trinajstić information content (AvgIpc) is 2.83. The van der Waals surface area contributed by atoms with Crippen molar-refractivity contribution >= 4 is 12.0 Å². The molecule has 2 unspecified atom stereocenters. The van der Waals surface area contributed by atoms with Crippen molar-refractivity contribution in [2.75, 3.05) is 6.54 Å². The monoisotopic (exact) mass is 242 g/mol. The molecule has 1 aliphatic carbocycles. The fourth-order valence-corrected chi connectivity index (χ4v) is 1.90. The van der Waals surface area contributed by atoms with E-state index in [-0.39, 0.29) is 6.03 Å². The van der Waals surface area contributed by atoms with Gasteiger partial charge < -0.3 is 15.7 Å². The molecule has 0 radical (unpaired) electrons. The van der Waals surface area contributed by atoms with Crippen LogP contribution in [0, 0.1) is 11.3 Å². The number of carbonyl (C=O) groups is 2. The number of rotatable bonds is 6. The minimum atomic E-state index is -0.978. The zero-order valence-electron chi connectivity index (χ0n) is 10.7. The van der Waals surface area contributed by atoms with E-state index in [1.807, 2.05) is 6.92 Å². The first-order valence-corrected chi connectivity index (χ1v) is 6.14. The zero-order valence-corrected chi connectivity index (χ0v) is 10.7. The highest BCUT2D eigenvalue weighted by atomic mass is 16.4. The summed E-state index contributed by atoms with van der Waals surface area (Å²) in [4.78, 5) is 22.3. The summed E-state index contributed by atoms with van der Waals surface area (Å²) in [6.07, 6.45) is 2.30. The maximum Gasteiger partial charge on any atom is 0.326 e. The van der Waals surface area contributed by atoms with Crippen molar-refractivity contribution in [3.05, 3.63) is 0 Å². The Balaban J connectivity index is 2.25. The lowest BCUT2D eigenvalue weighted by molar-refractivity contribution is -0.139. The van der Waals surface area contributed by atoms with Crippen molar-refractivity contribution in [1.29, 1.82) is 0 Å². The van der Waals surface area contributed by atoms with Gasteiger partial charge in [0.25, 0.3) is 0 Å². The number of hydrogen-bond donors (Lipinski definition) is 3. The van der Waals surface area contributed by atoms with Crippen molar-refractivity contribution in [3.8, 4) is 0 Å². The van der Waals surface area contributed by atoms with Gasteiger partial charge in [-0.3, -0.25) is 0 Å². The molecule has 3 N–H and O–H groups in total. The summed E-state index contributed by atoms with van der Waals surface area (Å²) < 4.78 is 0. The molecule has 0 aromatic rings. The molecule has 0 aromatic carbocycles. The molecular weight excluding hydrogens is 220 g/mol. The van der Waals surface area contributed by atoms with Crippen molar-refractivity contribution < 1.29 is 14.7 Å². The number of nitrogens with one attached hydrogen (secondary N) is 2. The molecule has 1 rings (SSSR count). The lowest BCUT2D eigenvalue weighted by atomic mass is 10.1. The first-order valence-electron chi connectivity index (χ1n) is 6.14. The Hall–Kier alpha value is -1.26. The van der Waals surface area contributed by atoms with Crippen LogP contribution in [-0.4, -0.2) is 29.7 Å². The predicted molar refractivity (Wildman–Crippen MR) is 64.8 cm³/mol. The van der Waals surface area contributed by atoms with Crippen LogP contribution in [0.5, 0.6) is 0 Å². The molecule has 0 bridgehead atoms. The van der Waals surface area contributed by atoms with Gasteiger partial charge in [-0.1, -0.05) is 27.2 Å². The number of urea groups is 1. The molecule has 0 aliphatic heterocycles. The molecule has 0 aromatic heterocycles. The van der Waals surface area contributed by atoms with Crippen LogP contribution < -0.4 is 10.6 Å². The molecule has 2 atom stereocenters. The molecule has 0 saturated heterocycles. The van der Waals surface area contributed by atoms with E-state index >= 15 is 0 Å². The molecule has 0 heterocycles. The minimum Gasteiger partial charge on any atom is -0.480 e. The zero-order chi connectivity index (χ0) is 13.1. The predicted octanol–water partition coefficient (Wildman–Crippen LogP) is 1.59. The Labute approximate surface area is 102 Å². The number of hydrogen-bond acceptors (Lipinski definition) is 2. The van der Waals surface area contributed by atoms with Crippen LogP contribution in [0.2, 0.25) is 0 Å². The lowest BCUT2D eigenvalue weighted by Gasteiger charge is -2.14. The molecular formula is C12H22N2O3. The van der Waals surface area contributed by atoms with Gasteiger partial charge in [-0.25, -0.2) is 9.59 Å². The number of amides is 2. The maximum absolute atomic E-state index is 11.5. The SMILES string of the molecule is CCCC(NC(=O)NCC1CC1(C)C)C(=O)O. The van der Waals surface area contributed by atoms with Gasteiger partial charge in [0, 0.05) is 6.54 Å². The molecule has 2 amide bonds. The van der Waals surface area contributed by atoms with E-state index in [1.165, 1.54) is 0 Å². The van der Waals surface area contributed by atoms with E-state index in [1.54, 1.807) is 0 Å². The molecule has 17 heavy (non-hydrogen) atoms. The molecule has 1 fully saturated rings. The highest BCUT2D eigenvalue weighted by Crippen LogP contribution is 2.50. The Morgan fingerprint density at radius 3 is 2.47 bits per heavy atom. The van der Waals surface area contributed by atoms with Gasteiger partial charge in [-0.05, 0) is 24.2 Å². The van der Waals surface area contributed by atoms with Crippen molar-refractivity contribution in [2.24, 2.45) is 11.3 Å². The summed E-state index contributed by atoms with van der Waals surface area (Å²) in [7, 11) is 0. The van der Waals surface area contributed by atoms with Gasteiger partial charge in [0.2, 0.25) is 0 Å². The van der Waals surface area contributed by atoms with Gasteiger partial charge >= 0.3 is 12.0 Å². The Morgan fingerprint density at radius 1 is 1.47 bits per heavy atom. The van der Waals surface area contributed by atoms with Crippen LogP contribution >= 0.6 is 0 Å². The first-order chi connectivity index (χ1) is 7.86. The van der Waals surface area contributed by atoms with E-state index in [0.29, 0.717) is 24.3 Å². The summed E-state index contributed by atoms with van der Waals surface area (Å²) >= 11 is 0. The Kier molecular flexibility index (Phi) is 4.37. The van der Waals surface area contributed by atoms with E-state index in [9.17, 15) is 9.59 Å². The van der Waals surface area contributed by atoms with Crippen LogP contribution in [0.25, 0.3) is 0 Å². The van der Waals surface area contributed by atoms with Gasteiger partial charge in [0.15, 0.2) is 0 Å². The van der Waals surface area contributed by atoms with Gasteiger partial charge in [-0.15, -0.1) is 0 Å². The first kappa shape index (κ1) is 13.8. The maximum atomic E-state index is 11.5. The highest BCUT2D eigenvalue weighted by Gasteiger charge is 2.45. The van der Waals surface area contributed by atoms with Crippen LogP contribution in [0.3, 0.4) is 0 Å². The van der Waals surface area contributed by atoms with E-state index in [4.69, 9.17) is 5.11 Å². The quantitative estimate of drug-likeness (QED) is 0.661. The molecule has 1 aliphatic rings. The summed E-state index contributed by atoms with van der Waals surface area (Å²) in [5.41, 5.74) is 0.322. The van der Waals surface area contributed by atoms with Gasteiger partial charge in [0.05, 0.1) is 0 Å².